The first-order valence-corrected chi connectivity index (χ1v) is 40.3. The molecule has 0 fully saturated rings. The maximum absolute atomic E-state index is 12.1. The number of hydrogen-bond donors (Lipinski definition) is 6. The largest absolute Gasteiger partial charge is 0.508 e. The van der Waals surface area contributed by atoms with E-state index in [9.17, 15) is 28.8 Å². The number of phenols is 2. The van der Waals surface area contributed by atoms with Gasteiger partial charge in [-0.15, -0.1) is 0 Å². The molecule has 0 aromatic heterocycles. The lowest BCUT2D eigenvalue weighted by Gasteiger charge is -2.09. The fraction of sp³-hybridized carbons (Fsp3) is 0.258. The first-order chi connectivity index (χ1) is 59.0. The number of alkyl halides is 1. The van der Waals surface area contributed by atoms with Gasteiger partial charge in [-0.05, 0) is 237 Å². The van der Waals surface area contributed by atoms with E-state index >= 15 is 0 Å². The highest BCUT2D eigenvalue weighted by atomic mass is 79.9. The summed E-state index contributed by atoms with van der Waals surface area (Å²) in [6.45, 7) is 17.3. The van der Waals surface area contributed by atoms with E-state index in [2.05, 4.69) is 35.7 Å². The molecule has 0 saturated carbocycles. The lowest BCUT2D eigenvalue weighted by atomic mass is 10.1. The van der Waals surface area contributed by atoms with Crippen molar-refractivity contribution in [3.05, 3.63) is 290 Å². The molecule has 0 saturated heterocycles. The number of carboxylic acids is 1. The highest BCUT2D eigenvalue weighted by Gasteiger charge is 2.10. The van der Waals surface area contributed by atoms with E-state index in [0.29, 0.717) is 71.0 Å². The normalized spacial score (nSPS) is 10.5. The standard InChI is InChI=1S/C46H46O12.C19H24O5.C14H14O4.C12H10O2.C6H13BrO/c1-33(2)45(49)57-31-27-53-39-15-5-35(6-16-39)9-23-43(47)55-29-25-51-41-19-11-37(12-20-41)38-13-21-42(22-14-38)52-26-30-56-44(48)24-10-36-7-17-40(18-8-36)54-28-32-58-46(50)34(3)4;1-15(2)19(22)24-14-6-4-3-5-13-23-17-10-7-16(8-11-17)9-12-18(20)21;15-9-17-13-5-1-11(2-6-13)12-3-7-14(8-4-12)18-10-16;13-11-5-1-9(2-6-11)10-3-7-12(14)8-4-10;7-5-3-1-2-4-6-8/h5-24H,1,3,25-32H2,2,4H3;7-12H,1,3-6,13-14H2,2H3,(H,20,21);1-8,15-16H,9-10H2;1-8,13-14H;8H,1-6H2/b23-9+,24-10+;12-9+;;;. The van der Waals surface area contributed by atoms with Gasteiger partial charge in [0.15, 0.2) is 13.6 Å². The summed E-state index contributed by atoms with van der Waals surface area (Å²) in [7, 11) is 0. The maximum Gasteiger partial charge on any atom is 0.333 e. The van der Waals surface area contributed by atoms with Crippen molar-refractivity contribution in [3.63, 3.8) is 0 Å². The van der Waals surface area contributed by atoms with Crippen LogP contribution in [0.1, 0.15) is 88.8 Å². The van der Waals surface area contributed by atoms with Gasteiger partial charge in [-0.25, -0.2) is 28.8 Å². The lowest BCUT2D eigenvalue weighted by Crippen LogP contribution is -2.12. The number of carboxylic acid groups (broad SMARTS) is 1. The van der Waals surface area contributed by atoms with E-state index in [0.717, 1.165) is 99.3 Å². The molecule has 0 amide bonds. The fourth-order valence-corrected chi connectivity index (χ4v) is 10.5. The third-order valence-corrected chi connectivity index (χ3v) is 17.0. The van der Waals surface area contributed by atoms with E-state index < -0.39 is 29.8 Å². The van der Waals surface area contributed by atoms with Crippen LogP contribution in [0.2, 0.25) is 0 Å². The molecule has 646 valence electrons. The Kier molecular flexibility index (Phi) is 48.4. The Morgan fingerprint density at radius 3 is 0.828 bits per heavy atom. The van der Waals surface area contributed by atoms with Crippen molar-refractivity contribution in [2.45, 2.75) is 72.1 Å². The number of aliphatic hydroxyl groups excluding tert-OH is 3. The number of ether oxygens (including phenoxy) is 12. The van der Waals surface area contributed by atoms with Gasteiger partial charge in [0, 0.05) is 46.9 Å². The Bertz CT molecular complexity index is 4410. The first-order valence-electron chi connectivity index (χ1n) is 39.2. The van der Waals surface area contributed by atoms with Crippen LogP contribution in [0.15, 0.2) is 273 Å². The minimum atomic E-state index is -0.968. The van der Waals surface area contributed by atoms with Crippen molar-refractivity contribution < 1.29 is 116 Å². The molecule has 9 aromatic carbocycles. The van der Waals surface area contributed by atoms with Gasteiger partial charge < -0.3 is 87.5 Å². The minimum absolute atomic E-state index is 0.0801. The van der Waals surface area contributed by atoms with Crippen molar-refractivity contribution in [1.29, 1.82) is 0 Å². The second kappa shape index (κ2) is 59.5. The van der Waals surface area contributed by atoms with E-state index in [1.807, 2.05) is 121 Å². The van der Waals surface area contributed by atoms with E-state index in [4.69, 9.17) is 87.5 Å². The van der Waals surface area contributed by atoms with Crippen LogP contribution in [0.5, 0.6) is 51.7 Å². The molecule has 0 atom stereocenters. The number of aliphatic carboxylic acids is 1. The monoisotopic (exact) mass is 1730 g/mol. The molecule has 9 aromatic rings. The number of unbranched alkanes of at least 4 members (excludes halogenated alkanes) is 6. The maximum atomic E-state index is 12.1. The Morgan fingerprint density at radius 1 is 0.295 bits per heavy atom. The molecule has 6 N–H and O–H groups in total. The summed E-state index contributed by atoms with van der Waals surface area (Å²) in [5.74, 6) is 1.80. The summed E-state index contributed by atoms with van der Waals surface area (Å²) < 4.78 is 63.5. The number of benzene rings is 9. The molecule has 25 heteroatoms. The Morgan fingerprint density at radius 2 is 0.541 bits per heavy atom. The van der Waals surface area contributed by atoms with Crippen LogP contribution in [0.3, 0.4) is 0 Å². The topological polar surface area (TPSA) is 335 Å². The number of carbonyl (C=O) groups excluding carboxylic acids is 5. The summed E-state index contributed by atoms with van der Waals surface area (Å²) in [4.78, 5) is 68.7. The summed E-state index contributed by atoms with van der Waals surface area (Å²) >= 11 is 3.34. The van der Waals surface area contributed by atoms with Crippen molar-refractivity contribution in [2.75, 3.05) is 91.6 Å². The molecular formula is C97H107BrO24. The Labute approximate surface area is 720 Å². The van der Waals surface area contributed by atoms with Crippen LogP contribution in [0.4, 0.5) is 0 Å². The van der Waals surface area contributed by atoms with E-state index in [-0.39, 0.29) is 83.9 Å². The molecule has 122 heavy (non-hydrogen) atoms. The number of halogens is 1. The number of aromatic hydroxyl groups is 2. The van der Waals surface area contributed by atoms with Crippen molar-refractivity contribution in [1.82, 2.24) is 0 Å². The number of phenolic OH excluding ortho intramolecular Hbond substituents is 2. The molecule has 0 unspecified atom stereocenters. The zero-order valence-electron chi connectivity index (χ0n) is 68.8. The molecule has 24 nitrogen and oxygen atoms in total. The lowest BCUT2D eigenvalue weighted by molar-refractivity contribution is -0.140. The molecule has 0 heterocycles. The number of rotatable bonds is 45. The van der Waals surface area contributed by atoms with Gasteiger partial charge in [-0.2, -0.15) is 0 Å². The second-order valence-electron chi connectivity index (χ2n) is 26.4. The van der Waals surface area contributed by atoms with Gasteiger partial charge >= 0.3 is 35.8 Å². The number of esters is 5. The van der Waals surface area contributed by atoms with Gasteiger partial charge in [0.1, 0.15) is 105 Å². The predicted octanol–water partition coefficient (Wildman–Crippen LogP) is 18.2. The van der Waals surface area contributed by atoms with Crippen LogP contribution in [-0.2, 0) is 52.5 Å². The first kappa shape index (κ1) is 99.4. The van der Waals surface area contributed by atoms with Crippen LogP contribution >= 0.6 is 15.9 Å². The van der Waals surface area contributed by atoms with Gasteiger partial charge in [-0.1, -0.05) is 158 Å². The minimum Gasteiger partial charge on any atom is -0.508 e. The van der Waals surface area contributed by atoms with Crippen molar-refractivity contribution in [3.8, 4) is 85.1 Å². The van der Waals surface area contributed by atoms with Crippen LogP contribution < -0.4 is 33.2 Å². The number of carbonyl (C=O) groups is 6. The molecule has 0 bridgehead atoms. The SMILES string of the molecule is C=C(C)C(=O)OCCCCCCOc1ccc(/C=C/C(=O)O)cc1.C=C(C)C(=O)OCCOc1ccc(/C=C/C(=O)OCCOc2ccc(-c3ccc(OCCOC(=O)/C=C/c4ccc(OCCOC(=O)C(=C)C)cc4)cc3)cc2)cc1.OCCCCCCBr.OCOc1ccc(-c2ccc(OCO)cc2)cc1.Oc1ccc(-c2ccc(O)cc2)cc1. The van der Waals surface area contributed by atoms with Gasteiger partial charge in [0.05, 0.1) is 13.2 Å². The molecule has 0 aliphatic rings. The molecule has 0 aliphatic heterocycles. The molecule has 0 spiro atoms. The predicted molar refractivity (Wildman–Crippen MR) is 473 cm³/mol. The molecule has 0 radical (unpaired) electrons. The van der Waals surface area contributed by atoms with Gasteiger partial charge in [-0.3, -0.25) is 0 Å². The average Bonchev–Trinajstić information content (AvgIpc) is 0.861. The van der Waals surface area contributed by atoms with E-state index in [1.54, 1.807) is 130 Å². The van der Waals surface area contributed by atoms with Crippen molar-refractivity contribution in [2.24, 2.45) is 0 Å². The van der Waals surface area contributed by atoms with Crippen molar-refractivity contribution >= 4 is 70.0 Å². The van der Waals surface area contributed by atoms with Crippen LogP contribution in [0.25, 0.3) is 51.6 Å². The fourth-order valence-electron chi connectivity index (χ4n) is 10.1. The summed E-state index contributed by atoms with van der Waals surface area (Å²) in [6.07, 6.45) is 16.9. The molecule has 9 rings (SSSR count). The third kappa shape index (κ3) is 43.5. The highest BCUT2D eigenvalue weighted by Crippen LogP contribution is 2.28. The second-order valence-corrected chi connectivity index (χ2v) is 27.1. The zero-order valence-corrected chi connectivity index (χ0v) is 70.4. The third-order valence-electron chi connectivity index (χ3n) is 16.5. The van der Waals surface area contributed by atoms with Crippen LogP contribution in [0, 0.1) is 0 Å². The highest BCUT2D eigenvalue weighted by molar-refractivity contribution is 9.09. The Balaban J connectivity index is 0.000000332. The van der Waals surface area contributed by atoms with E-state index in [1.165, 1.54) is 37.5 Å². The number of aliphatic hydroxyl groups is 3. The summed E-state index contributed by atoms with van der Waals surface area (Å²) in [6, 6.07) is 65.2. The summed E-state index contributed by atoms with van der Waals surface area (Å²) in [5, 5.41) is 53.5. The Hall–Kier alpha value is -13.2. The summed E-state index contributed by atoms with van der Waals surface area (Å²) in [5.41, 5.74) is 9.53. The average molecular weight is 1740 g/mol. The van der Waals surface area contributed by atoms with Gasteiger partial charge in [0.25, 0.3) is 0 Å². The van der Waals surface area contributed by atoms with Gasteiger partial charge in [0.2, 0.25) is 0 Å². The molecular weight excluding hydrogens is 1630 g/mol. The quantitative estimate of drug-likeness (QED) is 0.00516. The number of hydrogen-bond acceptors (Lipinski definition) is 23. The van der Waals surface area contributed by atoms with Crippen LogP contribution in [-0.4, -0.2) is 158 Å². The zero-order chi connectivity index (χ0) is 88.3. The smallest absolute Gasteiger partial charge is 0.333 e. The molecule has 0 aliphatic carbocycles.